The van der Waals surface area contributed by atoms with Gasteiger partial charge in [0, 0.05) is 6.54 Å². The first-order chi connectivity index (χ1) is 8.32. The second-order valence-electron chi connectivity index (χ2n) is 5.36. The van der Waals surface area contributed by atoms with Crippen LogP contribution < -0.4 is 4.72 Å². The Hall–Kier alpha value is 0.0900. The SMILES string of the molecule is Cc1cc(S(=O)(=O)NCC2(C)CCCC2)sc1Br. The summed E-state index contributed by atoms with van der Waals surface area (Å²) in [4.78, 5) is 0. The Morgan fingerprint density at radius 3 is 2.56 bits per heavy atom. The second kappa shape index (κ2) is 5.23. The molecule has 1 N–H and O–H groups in total. The standard InChI is InChI=1S/C12H18BrNO2S2/c1-9-7-10(17-11(9)13)18(15,16)14-8-12(2)5-3-4-6-12/h7,14H,3-6,8H2,1-2H3. The molecule has 0 bridgehead atoms. The number of hydrogen-bond acceptors (Lipinski definition) is 3. The van der Waals surface area contributed by atoms with Crippen LogP contribution in [0.2, 0.25) is 0 Å². The van der Waals surface area contributed by atoms with Crippen molar-refractivity contribution in [1.29, 1.82) is 0 Å². The minimum absolute atomic E-state index is 0.136. The summed E-state index contributed by atoms with van der Waals surface area (Å²) in [6.45, 7) is 4.61. The molecule has 0 unspecified atom stereocenters. The van der Waals surface area contributed by atoms with Crippen LogP contribution in [0.5, 0.6) is 0 Å². The van der Waals surface area contributed by atoms with E-state index in [9.17, 15) is 8.42 Å². The molecule has 6 heteroatoms. The third kappa shape index (κ3) is 3.15. The van der Waals surface area contributed by atoms with E-state index in [0.717, 1.165) is 22.2 Å². The van der Waals surface area contributed by atoms with E-state index in [1.807, 2.05) is 6.92 Å². The van der Waals surface area contributed by atoms with E-state index in [1.165, 1.54) is 24.2 Å². The fraction of sp³-hybridized carbons (Fsp3) is 0.667. The molecule has 0 radical (unpaired) electrons. The van der Waals surface area contributed by atoms with Crippen LogP contribution in [-0.4, -0.2) is 15.0 Å². The zero-order chi connectivity index (χ0) is 13.4. The van der Waals surface area contributed by atoms with Crippen LogP contribution in [0.1, 0.15) is 38.2 Å². The van der Waals surface area contributed by atoms with Crippen LogP contribution in [0.25, 0.3) is 0 Å². The summed E-state index contributed by atoms with van der Waals surface area (Å²) in [5.74, 6) is 0. The highest BCUT2D eigenvalue weighted by Crippen LogP contribution is 2.37. The monoisotopic (exact) mass is 351 g/mol. The number of halogens is 1. The molecule has 0 saturated heterocycles. The van der Waals surface area contributed by atoms with Crippen LogP contribution in [0.4, 0.5) is 0 Å². The fourth-order valence-electron chi connectivity index (χ4n) is 2.31. The summed E-state index contributed by atoms with van der Waals surface area (Å²) in [7, 11) is -3.35. The molecule has 102 valence electrons. The third-order valence-electron chi connectivity index (χ3n) is 3.60. The quantitative estimate of drug-likeness (QED) is 0.899. The van der Waals surface area contributed by atoms with Crippen molar-refractivity contribution >= 4 is 37.3 Å². The van der Waals surface area contributed by atoms with Gasteiger partial charge in [-0.25, -0.2) is 13.1 Å². The second-order valence-corrected chi connectivity index (χ2v) is 9.73. The van der Waals surface area contributed by atoms with Gasteiger partial charge in [0.25, 0.3) is 0 Å². The molecule has 0 amide bonds. The zero-order valence-electron chi connectivity index (χ0n) is 10.6. The molecule has 1 aromatic rings. The van der Waals surface area contributed by atoms with Crippen molar-refractivity contribution in [2.75, 3.05) is 6.54 Å². The van der Waals surface area contributed by atoms with Crippen LogP contribution >= 0.6 is 27.3 Å². The number of aryl methyl sites for hydroxylation is 1. The zero-order valence-corrected chi connectivity index (χ0v) is 13.8. The Morgan fingerprint density at radius 2 is 2.06 bits per heavy atom. The molecule has 0 aliphatic heterocycles. The van der Waals surface area contributed by atoms with Crippen molar-refractivity contribution in [3.8, 4) is 0 Å². The number of hydrogen-bond donors (Lipinski definition) is 1. The average molecular weight is 352 g/mol. The molecule has 1 aromatic heterocycles. The summed E-state index contributed by atoms with van der Waals surface area (Å²) in [5, 5.41) is 0. The van der Waals surface area contributed by atoms with Crippen LogP contribution in [-0.2, 0) is 10.0 Å². The van der Waals surface area contributed by atoms with Gasteiger partial charge in [0.15, 0.2) is 0 Å². The lowest BCUT2D eigenvalue weighted by Crippen LogP contribution is -2.33. The van der Waals surface area contributed by atoms with Crippen LogP contribution in [0.3, 0.4) is 0 Å². The molecule has 1 fully saturated rings. The predicted octanol–water partition coefficient (Wildman–Crippen LogP) is 3.68. The van der Waals surface area contributed by atoms with Gasteiger partial charge in [0.2, 0.25) is 10.0 Å². The first kappa shape index (κ1) is 14.5. The molecule has 1 aliphatic carbocycles. The van der Waals surface area contributed by atoms with Crippen molar-refractivity contribution < 1.29 is 8.42 Å². The largest absolute Gasteiger partial charge is 0.250 e. The Morgan fingerprint density at radius 1 is 1.44 bits per heavy atom. The first-order valence-corrected chi connectivity index (χ1v) is 9.17. The van der Waals surface area contributed by atoms with E-state index in [2.05, 4.69) is 27.6 Å². The maximum absolute atomic E-state index is 12.2. The highest BCUT2D eigenvalue weighted by atomic mass is 79.9. The lowest BCUT2D eigenvalue weighted by atomic mass is 9.89. The molecule has 1 heterocycles. The molecule has 0 aromatic carbocycles. The van der Waals surface area contributed by atoms with E-state index < -0.39 is 10.0 Å². The number of nitrogens with one attached hydrogen (secondary N) is 1. The lowest BCUT2D eigenvalue weighted by Gasteiger charge is -2.23. The Bertz CT molecular complexity index is 511. The van der Waals surface area contributed by atoms with E-state index in [4.69, 9.17) is 0 Å². The van der Waals surface area contributed by atoms with Gasteiger partial charge < -0.3 is 0 Å². The highest BCUT2D eigenvalue weighted by Gasteiger charge is 2.30. The van der Waals surface area contributed by atoms with Crippen molar-refractivity contribution in [2.24, 2.45) is 5.41 Å². The van der Waals surface area contributed by atoms with E-state index in [0.29, 0.717) is 10.8 Å². The molecule has 0 atom stereocenters. The van der Waals surface area contributed by atoms with Gasteiger partial charge in [0.05, 0.1) is 3.79 Å². The smallest absolute Gasteiger partial charge is 0.210 e. The van der Waals surface area contributed by atoms with Gasteiger partial charge in [-0.3, -0.25) is 0 Å². The van der Waals surface area contributed by atoms with Crippen molar-refractivity contribution in [3.05, 3.63) is 15.4 Å². The lowest BCUT2D eigenvalue weighted by molar-refractivity contribution is 0.336. The molecule has 2 rings (SSSR count). The number of rotatable bonds is 4. The summed E-state index contributed by atoms with van der Waals surface area (Å²) in [5.41, 5.74) is 1.10. The predicted molar refractivity (Wildman–Crippen MR) is 78.5 cm³/mol. The van der Waals surface area contributed by atoms with E-state index in [1.54, 1.807) is 6.07 Å². The molecule has 3 nitrogen and oxygen atoms in total. The number of thiophene rings is 1. The molecule has 0 spiro atoms. The minimum atomic E-state index is -3.35. The normalized spacial score (nSPS) is 19.3. The summed E-state index contributed by atoms with van der Waals surface area (Å²) in [6.07, 6.45) is 4.65. The van der Waals surface area contributed by atoms with Gasteiger partial charge >= 0.3 is 0 Å². The molecule has 1 saturated carbocycles. The number of sulfonamides is 1. The topological polar surface area (TPSA) is 46.2 Å². The summed E-state index contributed by atoms with van der Waals surface area (Å²) in [6, 6.07) is 1.72. The Balaban J connectivity index is 2.08. The van der Waals surface area contributed by atoms with Gasteiger partial charge in [-0.1, -0.05) is 19.8 Å². The van der Waals surface area contributed by atoms with Crippen LogP contribution in [0.15, 0.2) is 14.1 Å². The highest BCUT2D eigenvalue weighted by molar-refractivity contribution is 9.11. The maximum Gasteiger partial charge on any atom is 0.250 e. The Kier molecular flexibility index (Phi) is 4.21. The van der Waals surface area contributed by atoms with Crippen molar-refractivity contribution in [1.82, 2.24) is 4.72 Å². The minimum Gasteiger partial charge on any atom is -0.210 e. The first-order valence-electron chi connectivity index (χ1n) is 6.08. The van der Waals surface area contributed by atoms with E-state index in [-0.39, 0.29) is 5.41 Å². The van der Waals surface area contributed by atoms with Crippen LogP contribution in [0, 0.1) is 12.3 Å². The average Bonchev–Trinajstić information content (AvgIpc) is 2.86. The Labute approximate surface area is 121 Å². The molecule has 18 heavy (non-hydrogen) atoms. The van der Waals surface area contributed by atoms with Crippen molar-refractivity contribution in [2.45, 2.75) is 43.7 Å². The van der Waals surface area contributed by atoms with E-state index >= 15 is 0 Å². The maximum atomic E-state index is 12.2. The van der Waals surface area contributed by atoms with Gasteiger partial charge in [-0.2, -0.15) is 0 Å². The molecular weight excluding hydrogens is 334 g/mol. The fourth-order valence-corrected chi connectivity index (χ4v) is 5.78. The third-order valence-corrected chi connectivity index (χ3v) is 7.61. The van der Waals surface area contributed by atoms with Crippen molar-refractivity contribution in [3.63, 3.8) is 0 Å². The summed E-state index contributed by atoms with van der Waals surface area (Å²) >= 11 is 4.63. The van der Waals surface area contributed by atoms with Gasteiger partial charge in [0.1, 0.15) is 4.21 Å². The summed E-state index contributed by atoms with van der Waals surface area (Å²) < 4.78 is 28.4. The van der Waals surface area contributed by atoms with Gasteiger partial charge in [-0.15, -0.1) is 11.3 Å². The van der Waals surface area contributed by atoms with Gasteiger partial charge in [-0.05, 0) is 52.7 Å². The molecular formula is C12H18BrNO2S2. The molecule has 1 aliphatic rings.